The van der Waals surface area contributed by atoms with Crippen LogP contribution < -0.4 is 14.4 Å². The number of rotatable bonds is 3. The predicted molar refractivity (Wildman–Crippen MR) is 108 cm³/mol. The van der Waals surface area contributed by atoms with E-state index in [1.165, 1.54) is 4.90 Å². The van der Waals surface area contributed by atoms with E-state index >= 15 is 0 Å². The van der Waals surface area contributed by atoms with Crippen molar-refractivity contribution < 1.29 is 24.2 Å². The lowest BCUT2D eigenvalue weighted by Crippen LogP contribution is -2.33. The van der Waals surface area contributed by atoms with E-state index in [4.69, 9.17) is 9.47 Å². The lowest BCUT2D eigenvalue weighted by Gasteiger charge is -2.29. The molecule has 2 aliphatic rings. The number of ketones is 1. The first-order chi connectivity index (χ1) is 13.8. The molecule has 0 spiro atoms. The fourth-order valence-corrected chi connectivity index (χ4v) is 3.64. The van der Waals surface area contributed by atoms with Crippen molar-refractivity contribution in [2.45, 2.75) is 26.8 Å². The van der Waals surface area contributed by atoms with Gasteiger partial charge < -0.3 is 14.6 Å². The first-order valence-corrected chi connectivity index (χ1v) is 9.55. The number of hydrogen-bond donors (Lipinski definition) is 1. The molecular weight excluding hydrogens is 370 g/mol. The van der Waals surface area contributed by atoms with Gasteiger partial charge in [0.15, 0.2) is 23.0 Å². The fourth-order valence-electron chi connectivity index (χ4n) is 3.64. The lowest BCUT2D eigenvalue weighted by atomic mass is 9.82. The van der Waals surface area contributed by atoms with Crippen LogP contribution in [0.1, 0.15) is 32.4 Å². The maximum atomic E-state index is 13.2. The molecule has 29 heavy (non-hydrogen) atoms. The molecule has 2 aromatic rings. The number of Topliss-reactive ketones (excluding diaryl/α,β-unsaturated/α-hetero) is 1. The van der Waals surface area contributed by atoms with Crippen LogP contribution in [0.2, 0.25) is 0 Å². The van der Waals surface area contributed by atoms with Crippen LogP contribution in [0.25, 0.3) is 0 Å². The molecule has 0 bridgehead atoms. The Morgan fingerprint density at radius 2 is 1.69 bits per heavy atom. The van der Waals surface area contributed by atoms with Crippen LogP contribution in [0.4, 0.5) is 5.69 Å². The summed E-state index contributed by atoms with van der Waals surface area (Å²) in [6, 6.07) is 13.7. The smallest absolute Gasteiger partial charge is 0.294 e. The Bertz CT molecular complexity index is 1000. The number of fused-ring (bicyclic) bond motifs is 1. The Morgan fingerprint density at radius 1 is 1.03 bits per heavy atom. The minimum atomic E-state index is -0.751. The average molecular weight is 393 g/mol. The highest BCUT2D eigenvalue weighted by molar-refractivity contribution is 6.17. The molecule has 1 amide bonds. The average Bonchev–Trinajstić information content (AvgIpc) is 2.98. The molecule has 150 valence electrons. The third kappa shape index (κ3) is 3.24. The zero-order chi connectivity index (χ0) is 20.8. The number of carbonyl (C=O) groups excluding carboxylic acids is 2. The molecule has 1 N–H and O–H groups in total. The molecule has 4 rings (SSSR count). The number of aliphatic hydroxyl groups is 1. The van der Waals surface area contributed by atoms with Gasteiger partial charge in [-0.2, -0.15) is 0 Å². The van der Waals surface area contributed by atoms with Crippen LogP contribution in [0.5, 0.6) is 11.5 Å². The molecule has 0 radical (unpaired) electrons. The second-order valence-electron chi connectivity index (χ2n) is 8.16. The standard InChI is InChI=1S/C23H23NO5/c1-23(2,3)21(26)18-19(14-7-5-4-6-8-14)24(22(27)20(18)25)15-9-10-16-17(13-15)29-12-11-28-16/h4-10,13,19,25H,11-12H2,1-3H3. The number of anilines is 1. The first-order valence-electron chi connectivity index (χ1n) is 9.55. The maximum Gasteiger partial charge on any atom is 0.294 e. The van der Waals surface area contributed by atoms with Crippen molar-refractivity contribution in [3.8, 4) is 11.5 Å². The van der Waals surface area contributed by atoms with E-state index in [-0.39, 0.29) is 11.4 Å². The van der Waals surface area contributed by atoms with E-state index < -0.39 is 23.1 Å². The van der Waals surface area contributed by atoms with Gasteiger partial charge in [0.25, 0.3) is 5.91 Å². The summed E-state index contributed by atoms with van der Waals surface area (Å²) < 4.78 is 11.2. The third-order valence-electron chi connectivity index (χ3n) is 5.05. The molecule has 0 aliphatic carbocycles. The quantitative estimate of drug-likeness (QED) is 0.854. The molecule has 1 unspecified atom stereocenters. The largest absolute Gasteiger partial charge is 0.503 e. The van der Waals surface area contributed by atoms with E-state index in [1.54, 1.807) is 39.0 Å². The van der Waals surface area contributed by atoms with Gasteiger partial charge >= 0.3 is 0 Å². The van der Waals surface area contributed by atoms with Crippen LogP contribution in [-0.2, 0) is 9.59 Å². The van der Waals surface area contributed by atoms with E-state index in [0.717, 1.165) is 5.56 Å². The molecular formula is C23H23NO5. The normalized spacial score (nSPS) is 18.9. The summed E-state index contributed by atoms with van der Waals surface area (Å²) in [6.07, 6.45) is 0. The third-order valence-corrected chi connectivity index (χ3v) is 5.05. The van der Waals surface area contributed by atoms with Crippen molar-refractivity contribution in [1.82, 2.24) is 0 Å². The second-order valence-corrected chi connectivity index (χ2v) is 8.16. The molecule has 2 heterocycles. The van der Waals surface area contributed by atoms with Crippen molar-refractivity contribution >= 4 is 17.4 Å². The summed E-state index contributed by atoms with van der Waals surface area (Å²) >= 11 is 0. The van der Waals surface area contributed by atoms with Gasteiger partial charge in [-0.25, -0.2) is 0 Å². The van der Waals surface area contributed by atoms with E-state index in [2.05, 4.69) is 0 Å². The molecule has 1 atom stereocenters. The van der Waals surface area contributed by atoms with E-state index in [1.807, 2.05) is 30.3 Å². The van der Waals surface area contributed by atoms with Crippen molar-refractivity contribution in [2.75, 3.05) is 18.1 Å². The van der Waals surface area contributed by atoms with Crippen molar-refractivity contribution in [3.05, 3.63) is 65.4 Å². The van der Waals surface area contributed by atoms with Gasteiger partial charge in [0.1, 0.15) is 13.2 Å². The van der Waals surface area contributed by atoms with Gasteiger partial charge in [-0.05, 0) is 17.7 Å². The van der Waals surface area contributed by atoms with Crippen molar-refractivity contribution in [3.63, 3.8) is 0 Å². The van der Waals surface area contributed by atoms with E-state index in [9.17, 15) is 14.7 Å². The summed E-state index contributed by atoms with van der Waals surface area (Å²) in [6.45, 7) is 6.20. The zero-order valence-corrected chi connectivity index (χ0v) is 16.6. The Morgan fingerprint density at radius 3 is 2.34 bits per heavy atom. The number of ether oxygens (including phenoxy) is 2. The number of hydrogen-bond acceptors (Lipinski definition) is 5. The molecule has 2 aliphatic heterocycles. The zero-order valence-electron chi connectivity index (χ0n) is 16.6. The molecule has 2 aromatic carbocycles. The van der Waals surface area contributed by atoms with Crippen LogP contribution >= 0.6 is 0 Å². The predicted octanol–water partition coefficient (Wildman–Crippen LogP) is 3.97. The highest BCUT2D eigenvalue weighted by Crippen LogP contribution is 2.45. The Labute approximate surface area is 169 Å². The molecule has 0 aromatic heterocycles. The van der Waals surface area contributed by atoms with Crippen LogP contribution in [0, 0.1) is 5.41 Å². The number of nitrogens with zero attached hydrogens (tertiary/aromatic N) is 1. The van der Waals surface area contributed by atoms with Gasteiger partial charge in [0.2, 0.25) is 0 Å². The Kier molecular flexibility index (Phi) is 4.57. The van der Waals surface area contributed by atoms with Gasteiger partial charge in [0.05, 0.1) is 11.6 Å². The molecule has 6 heteroatoms. The summed E-state index contributed by atoms with van der Waals surface area (Å²) in [5.74, 6) is -0.247. The minimum absolute atomic E-state index is 0.114. The Balaban J connectivity index is 1.85. The van der Waals surface area contributed by atoms with Crippen molar-refractivity contribution in [1.29, 1.82) is 0 Å². The SMILES string of the molecule is CC(C)(C)C(=O)C1=C(O)C(=O)N(c2ccc3c(c2)OCCO3)C1c1ccccc1. The summed E-state index contributed by atoms with van der Waals surface area (Å²) in [5, 5.41) is 10.7. The monoisotopic (exact) mass is 393 g/mol. The topological polar surface area (TPSA) is 76.1 Å². The van der Waals surface area contributed by atoms with Gasteiger partial charge in [-0.3, -0.25) is 14.5 Å². The maximum absolute atomic E-state index is 13.2. The van der Waals surface area contributed by atoms with E-state index in [0.29, 0.717) is 30.4 Å². The highest BCUT2D eigenvalue weighted by atomic mass is 16.6. The Hall–Kier alpha value is -3.28. The fraction of sp³-hybridized carbons (Fsp3) is 0.304. The number of carbonyl (C=O) groups is 2. The first kappa shape index (κ1) is 19.1. The van der Waals surface area contributed by atoms with Gasteiger partial charge in [-0.1, -0.05) is 51.1 Å². The molecule has 0 saturated heterocycles. The lowest BCUT2D eigenvalue weighted by molar-refractivity contribution is -0.123. The highest BCUT2D eigenvalue weighted by Gasteiger charge is 2.46. The molecule has 6 nitrogen and oxygen atoms in total. The van der Waals surface area contributed by atoms with Gasteiger partial charge in [-0.15, -0.1) is 0 Å². The van der Waals surface area contributed by atoms with Gasteiger partial charge in [0, 0.05) is 17.2 Å². The van der Waals surface area contributed by atoms with Crippen molar-refractivity contribution in [2.24, 2.45) is 5.41 Å². The second kappa shape index (κ2) is 6.95. The molecule has 0 saturated carbocycles. The number of amides is 1. The summed E-state index contributed by atoms with van der Waals surface area (Å²) in [4.78, 5) is 27.7. The van der Waals surface area contributed by atoms with Crippen LogP contribution in [0.15, 0.2) is 59.9 Å². The van der Waals surface area contributed by atoms with Crippen LogP contribution in [-0.4, -0.2) is 30.0 Å². The number of aliphatic hydroxyl groups excluding tert-OH is 1. The number of benzene rings is 2. The molecule has 0 fully saturated rings. The van der Waals surface area contributed by atoms with Crippen LogP contribution in [0.3, 0.4) is 0 Å². The summed E-state index contributed by atoms with van der Waals surface area (Å²) in [5.41, 5.74) is 0.631. The summed E-state index contributed by atoms with van der Waals surface area (Å²) in [7, 11) is 0. The minimum Gasteiger partial charge on any atom is -0.503 e.